The number of anilines is 1. The molecule has 1 aromatic carbocycles. The summed E-state index contributed by atoms with van der Waals surface area (Å²) in [6.45, 7) is 4.82. The van der Waals surface area contributed by atoms with Crippen LogP contribution in [0.15, 0.2) is 18.2 Å². The summed E-state index contributed by atoms with van der Waals surface area (Å²) in [7, 11) is 3.58. The molecule has 0 atom stereocenters. The van der Waals surface area contributed by atoms with E-state index in [0.29, 0.717) is 5.56 Å². The quantitative estimate of drug-likeness (QED) is 0.760. The number of rotatable bonds is 4. The van der Waals surface area contributed by atoms with Crippen molar-refractivity contribution in [2.45, 2.75) is 13.8 Å². The fourth-order valence-corrected chi connectivity index (χ4v) is 1.46. The monoisotopic (exact) mass is 221 g/mol. The summed E-state index contributed by atoms with van der Waals surface area (Å²) in [5.74, 6) is -0.0963. The number of nitrogens with zero attached hydrogens (tertiary/aromatic N) is 1. The number of hydrazine groups is 1. The number of aryl methyl sites for hydroxylation is 1. The van der Waals surface area contributed by atoms with Gasteiger partial charge in [-0.2, -0.15) is 0 Å². The lowest BCUT2D eigenvalue weighted by molar-refractivity contribution is 0.0858. The zero-order valence-corrected chi connectivity index (χ0v) is 10.3. The maximum absolute atomic E-state index is 11.9. The highest BCUT2D eigenvalue weighted by molar-refractivity contribution is 5.99. The normalized spacial score (nSPS) is 10.3. The fourth-order valence-electron chi connectivity index (χ4n) is 1.46. The largest absolute Gasteiger partial charge is 0.385 e. The molecule has 16 heavy (non-hydrogen) atoms. The van der Waals surface area contributed by atoms with Crippen LogP contribution in [0.25, 0.3) is 0 Å². The van der Waals surface area contributed by atoms with Crippen molar-refractivity contribution in [3.05, 3.63) is 29.3 Å². The zero-order chi connectivity index (χ0) is 12.1. The Bertz CT molecular complexity index is 375. The maximum Gasteiger partial charge on any atom is 0.267 e. The molecule has 0 aliphatic carbocycles. The second kappa shape index (κ2) is 5.51. The van der Waals surface area contributed by atoms with Crippen molar-refractivity contribution in [2.75, 3.05) is 26.0 Å². The van der Waals surface area contributed by atoms with E-state index in [1.165, 1.54) is 0 Å². The van der Waals surface area contributed by atoms with Crippen LogP contribution in [-0.4, -0.2) is 31.6 Å². The predicted octanol–water partition coefficient (Wildman–Crippen LogP) is 1.63. The Morgan fingerprint density at radius 1 is 1.38 bits per heavy atom. The summed E-state index contributed by atoms with van der Waals surface area (Å²) < 4.78 is 0. The van der Waals surface area contributed by atoms with Crippen LogP contribution in [0.3, 0.4) is 0 Å². The summed E-state index contributed by atoms with van der Waals surface area (Å²) in [6, 6.07) is 5.76. The number of amides is 1. The van der Waals surface area contributed by atoms with Crippen molar-refractivity contribution in [1.29, 1.82) is 0 Å². The lowest BCUT2D eigenvalue weighted by atomic mass is 10.1. The van der Waals surface area contributed by atoms with Crippen molar-refractivity contribution in [1.82, 2.24) is 10.4 Å². The summed E-state index contributed by atoms with van der Waals surface area (Å²) in [5, 5.41) is 4.83. The van der Waals surface area contributed by atoms with Gasteiger partial charge in [0.15, 0.2) is 0 Å². The van der Waals surface area contributed by atoms with Gasteiger partial charge in [-0.25, -0.2) is 5.01 Å². The molecular formula is C12H19N3O. The van der Waals surface area contributed by atoms with Crippen molar-refractivity contribution < 1.29 is 4.79 Å². The number of carbonyl (C=O) groups excluding carboxylic acids is 1. The topological polar surface area (TPSA) is 44.4 Å². The molecule has 4 heteroatoms. The first-order chi connectivity index (χ1) is 7.54. The first-order valence-electron chi connectivity index (χ1n) is 5.37. The van der Waals surface area contributed by atoms with Gasteiger partial charge < -0.3 is 5.32 Å². The van der Waals surface area contributed by atoms with Crippen molar-refractivity contribution in [3.63, 3.8) is 0 Å². The molecule has 1 aromatic rings. The minimum absolute atomic E-state index is 0.0963. The van der Waals surface area contributed by atoms with Crippen molar-refractivity contribution in [2.24, 2.45) is 0 Å². The van der Waals surface area contributed by atoms with Crippen molar-refractivity contribution in [3.8, 4) is 0 Å². The van der Waals surface area contributed by atoms with Crippen molar-refractivity contribution >= 4 is 11.6 Å². The molecule has 0 saturated heterocycles. The lowest BCUT2D eigenvalue weighted by Crippen LogP contribution is -2.36. The smallest absolute Gasteiger partial charge is 0.267 e. The molecule has 0 heterocycles. The van der Waals surface area contributed by atoms with Gasteiger partial charge in [0.1, 0.15) is 0 Å². The van der Waals surface area contributed by atoms with Gasteiger partial charge in [0.2, 0.25) is 0 Å². The number of benzene rings is 1. The van der Waals surface area contributed by atoms with E-state index in [1.807, 2.05) is 32.0 Å². The van der Waals surface area contributed by atoms with Crippen LogP contribution in [-0.2, 0) is 0 Å². The van der Waals surface area contributed by atoms with Crippen LogP contribution in [0.4, 0.5) is 5.69 Å². The van der Waals surface area contributed by atoms with E-state index in [4.69, 9.17) is 0 Å². The highest BCUT2D eigenvalue weighted by atomic mass is 16.2. The molecule has 0 radical (unpaired) electrons. The molecule has 0 unspecified atom stereocenters. The third-order valence-electron chi connectivity index (χ3n) is 2.11. The van der Waals surface area contributed by atoms with Gasteiger partial charge in [-0.3, -0.25) is 10.2 Å². The third kappa shape index (κ3) is 3.24. The van der Waals surface area contributed by atoms with Crippen LogP contribution in [0, 0.1) is 6.92 Å². The lowest BCUT2D eigenvalue weighted by Gasteiger charge is -2.15. The van der Waals surface area contributed by atoms with Crippen LogP contribution < -0.4 is 10.7 Å². The average molecular weight is 221 g/mol. The molecule has 0 aliphatic rings. The first kappa shape index (κ1) is 12.5. The van der Waals surface area contributed by atoms with Gasteiger partial charge in [0, 0.05) is 26.3 Å². The van der Waals surface area contributed by atoms with E-state index < -0.39 is 0 Å². The molecule has 0 saturated carbocycles. The SMILES string of the molecule is CCNc1cc(C)ccc1C(=O)NN(C)C. The molecule has 0 aliphatic heterocycles. The molecule has 2 N–H and O–H groups in total. The van der Waals surface area contributed by atoms with Crippen LogP contribution >= 0.6 is 0 Å². The van der Waals surface area contributed by atoms with E-state index in [9.17, 15) is 4.79 Å². The number of hydrogen-bond acceptors (Lipinski definition) is 3. The Labute approximate surface area is 96.6 Å². The summed E-state index contributed by atoms with van der Waals surface area (Å²) in [6.07, 6.45) is 0. The molecule has 0 fully saturated rings. The molecule has 4 nitrogen and oxygen atoms in total. The zero-order valence-electron chi connectivity index (χ0n) is 10.3. The van der Waals surface area contributed by atoms with Gasteiger partial charge in [0.05, 0.1) is 5.56 Å². The summed E-state index contributed by atoms with van der Waals surface area (Å²) in [5.41, 5.74) is 5.41. The Hall–Kier alpha value is -1.55. The molecule has 0 bridgehead atoms. The predicted molar refractivity (Wildman–Crippen MR) is 66.5 cm³/mol. The average Bonchev–Trinajstić information content (AvgIpc) is 2.17. The standard InChI is InChI=1S/C12H19N3O/c1-5-13-11-8-9(2)6-7-10(11)12(16)14-15(3)4/h6-8,13H,5H2,1-4H3,(H,14,16). The number of hydrogen-bond donors (Lipinski definition) is 2. The minimum atomic E-state index is -0.0963. The molecule has 1 rings (SSSR count). The van der Waals surface area contributed by atoms with Crippen LogP contribution in [0.1, 0.15) is 22.8 Å². The highest BCUT2D eigenvalue weighted by Crippen LogP contribution is 2.17. The number of carbonyl (C=O) groups is 1. The Balaban J connectivity index is 2.97. The van der Waals surface area contributed by atoms with Gasteiger partial charge in [0.25, 0.3) is 5.91 Å². The van der Waals surface area contributed by atoms with E-state index >= 15 is 0 Å². The highest BCUT2D eigenvalue weighted by Gasteiger charge is 2.11. The fraction of sp³-hybridized carbons (Fsp3) is 0.417. The van der Waals surface area contributed by atoms with E-state index in [-0.39, 0.29) is 5.91 Å². The minimum Gasteiger partial charge on any atom is -0.385 e. The van der Waals surface area contributed by atoms with Crippen LogP contribution in [0.5, 0.6) is 0 Å². The van der Waals surface area contributed by atoms with Gasteiger partial charge in [-0.1, -0.05) is 6.07 Å². The number of nitrogens with one attached hydrogen (secondary N) is 2. The molecule has 0 spiro atoms. The molecule has 88 valence electrons. The molecular weight excluding hydrogens is 202 g/mol. The first-order valence-corrected chi connectivity index (χ1v) is 5.37. The Morgan fingerprint density at radius 2 is 2.06 bits per heavy atom. The van der Waals surface area contributed by atoms with Gasteiger partial charge in [-0.05, 0) is 31.5 Å². The second-order valence-electron chi connectivity index (χ2n) is 3.91. The van der Waals surface area contributed by atoms with E-state index in [1.54, 1.807) is 19.1 Å². The second-order valence-corrected chi connectivity index (χ2v) is 3.91. The van der Waals surface area contributed by atoms with Crippen LogP contribution in [0.2, 0.25) is 0 Å². The Kier molecular flexibility index (Phi) is 4.31. The molecule has 1 amide bonds. The third-order valence-corrected chi connectivity index (χ3v) is 2.11. The van der Waals surface area contributed by atoms with Gasteiger partial charge >= 0.3 is 0 Å². The summed E-state index contributed by atoms with van der Waals surface area (Å²) in [4.78, 5) is 11.9. The van der Waals surface area contributed by atoms with E-state index in [0.717, 1.165) is 17.8 Å². The maximum atomic E-state index is 11.9. The van der Waals surface area contributed by atoms with Gasteiger partial charge in [-0.15, -0.1) is 0 Å². The summed E-state index contributed by atoms with van der Waals surface area (Å²) >= 11 is 0. The Morgan fingerprint density at radius 3 is 2.62 bits per heavy atom. The van der Waals surface area contributed by atoms with E-state index in [2.05, 4.69) is 10.7 Å². The molecule has 0 aromatic heterocycles.